The minimum Gasteiger partial charge on any atom is -0.345 e. The van der Waals surface area contributed by atoms with Gasteiger partial charge in [-0.1, -0.05) is 13.8 Å². The molecule has 0 bridgehead atoms. The summed E-state index contributed by atoms with van der Waals surface area (Å²) in [5, 5.41) is 1.83. The van der Waals surface area contributed by atoms with Gasteiger partial charge in [0.15, 0.2) is 4.80 Å². The molecule has 0 aliphatic carbocycles. The van der Waals surface area contributed by atoms with Crippen molar-refractivity contribution in [1.82, 2.24) is 13.4 Å². The van der Waals surface area contributed by atoms with Crippen LogP contribution in [0.2, 0.25) is 0 Å². The summed E-state index contributed by atoms with van der Waals surface area (Å²) < 4.78 is 29.6. The third kappa shape index (κ3) is 3.46. The Hall–Kier alpha value is -1.71. The topological polar surface area (TPSA) is 76.7 Å². The van der Waals surface area contributed by atoms with E-state index in [2.05, 4.69) is 4.99 Å². The number of thiazole rings is 1. The lowest BCUT2D eigenvalue weighted by atomic mass is 10.4. The van der Waals surface area contributed by atoms with Crippen LogP contribution >= 0.6 is 11.3 Å². The lowest BCUT2D eigenvalue weighted by Gasteiger charge is -2.17. The highest BCUT2D eigenvalue weighted by atomic mass is 32.2. The predicted molar refractivity (Wildman–Crippen MR) is 88.7 cm³/mol. The van der Waals surface area contributed by atoms with E-state index in [0.717, 1.165) is 0 Å². The van der Waals surface area contributed by atoms with Crippen molar-refractivity contribution < 1.29 is 13.2 Å². The normalized spacial score (nSPS) is 13.0. The van der Waals surface area contributed by atoms with Crippen LogP contribution in [-0.4, -0.2) is 40.9 Å². The van der Waals surface area contributed by atoms with Gasteiger partial charge in [0.25, 0.3) is 5.91 Å². The van der Waals surface area contributed by atoms with E-state index in [1.165, 1.54) is 32.5 Å². The number of carbonyl (C=O) groups is 1. The molecule has 0 aliphatic heterocycles. The summed E-state index contributed by atoms with van der Waals surface area (Å²) in [6.45, 7) is 4.32. The van der Waals surface area contributed by atoms with Gasteiger partial charge in [0.1, 0.15) is 10.6 Å². The highest BCUT2D eigenvalue weighted by Gasteiger charge is 2.25. The highest BCUT2D eigenvalue weighted by molar-refractivity contribution is 7.89. The number of amides is 1. The monoisotopic (exact) mass is 356 g/mol. The van der Waals surface area contributed by atoms with E-state index < -0.39 is 15.9 Å². The van der Waals surface area contributed by atoms with Gasteiger partial charge in [0.2, 0.25) is 10.0 Å². The second kappa shape index (κ2) is 6.81. The number of sulfonamides is 1. The first kappa shape index (κ1) is 17.6. The average Bonchev–Trinajstić information content (AvgIpc) is 3.07. The fourth-order valence-corrected chi connectivity index (χ4v) is 4.44. The number of hydrogen-bond donors (Lipinski definition) is 0. The molecule has 2 aromatic rings. The average molecular weight is 356 g/mol. The molecule has 0 saturated carbocycles. The van der Waals surface area contributed by atoms with Crippen LogP contribution in [0.25, 0.3) is 0 Å². The summed E-state index contributed by atoms with van der Waals surface area (Å²) in [7, 11) is -0.158. The molecular formula is C14H20N4O3S2. The van der Waals surface area contributed by atoms with Gasteiger partial charge in [-0.05, 0) is 6.07 Å². The van der Waals surface area contributed by atoms with E-state index in [9.17, 15) is 13.2 Å². The zero-order chi connectivity index (χ0) is 17.2. The molecule has 7 nitrogen and oxygen atoms in total. The largest absolute Gasteiger partial charge is 0.345 e. The zero-order valence-electron chi connectivity index (χ0n) is 13.6. The minimum absolute atomic E-state index is 0.109. The van der Waals surface area contributed by atoms with Crippen molar-refractivity contribution >= 4 is 27.3 Å². The third-order valence-corrected chi connectivity index (χ3v) is 6.36. The van der Waals surface area contributed by atoms with Gasteiger partial charge in [-0.15, -0.1) is 11.3 Å². The second-order valence-electron chi connectivity index (χ2n) is 4.97. The number of rotatable bonds is 5. The summed E-state index contributed by atoms with van der Waals surface area (Å²) in [5.41, 5.74) is 0.240. The van der Waals surface area contributed by atoms with Gasteiger partial charge in [-0.3, -0.25) is 4.79 Å². The fourth-order valence-electron chi connectivity index (χ4n) is 2.18. The molecule has 1 amide bonds. The lowest BCUT2D eigenvalue weighted by molar-refractivity contribution is 0.0990. The summed E-state index contributed by atoms with van der Waals surface area (Å²) in [4.78, 5) is 17.0. The van der Waals surface area contributed by atoms with Gasteiger partial charge in [0, 0.05) is 45.0 Å². The number of aryl methyl sites for hydroxylation is 2. The summed E-state index contributed by atoms with van der Waals surface area (Å²) in [6, 6.07) is 1.38. The molecule has 0 spiro atoms. The molecule has 9 heteroatoms. The molecule has 0 aliphatic rings. The van der Waals surface area contributed by atoms with Crippen LogP contribution in [0.15, 0.2) is 33.7 Å². The van der Waals surface area contributed by atoms with Crippen molar-refractivity contribution in [3.05, 3.63) is 34.3 Å². The van der Waals surface area contributed by atoms with E-state index in [0.29, 0.717) is 17.9 Å². The zero-order valence-corrected chi connectivity index (χ0v) is 15.2. The molecule has 0 unspecified atom stereocenters. The summed E-state index contributed by atoms with van der Waals surface area (Å²) >= 11 is 1.34. The first-order chi connectivity index (χ1) is 10.8. The fraction of sp³-hybridized carbons (Fsp3) is 0.429. The van der Waals surface area contributed by atoms with Crippen LogP contribution in [0.1, 0.15) is 24.3 Å². The van der Waals surface area contributed by atoms with E-state index >= 15 is 0 Å². The Kier molecular flexibility index (Phi) is 5.23. The molecular weight excluding hydrogens is 336 g/mol. The lowest BCUT2D eigenvalue weighted by Crippen LogP contribution is -2.30. The Labute approximate surface area is 139 Å². The Morgan fingerprint density at radius 1 is 1.26 bits per heavy atom. The Balaban J connectivity index is 2.43. The van der Waals surface area contributed by atoms with Crippen LogP contribution in [0.5, 0.6) is 0 Å². The minimum atomic E-state index is -3.59. The number of aromatic nitrogens is 2. The van der Waals surface area contributed by atoms with Crippen molar-refractivity contribution in [2.75, 3.05) is 13.1 Å². The SMILES string of the molecule is CCN(CC)S(=O)(=O)c1cc(C(=O)N=c2sccn2C)n(C)c1. The molecule has 0 aromatic carbocycles. The van der Waals surface area contributed by atoms with Crippen LogP contribution < -0.4 is 4.80 Å². The van der Waals surface area contributed by atoms with Gasteiger partial charge >= 0.3 is 0 Å². The van der Waals surface area contributed by atoms with Crippen LogP contribution in [0.4, 0.5) is 0 Å². The molecule has 0 saturated heterocycles. The number of hydrogen-bond acceptors (Lipinski definition) is 4. The quantitative estimate of drug-likeness (QED) is 0.808. The molecule has 2 heterocycles. The van der Waals surface area contributed by atoms with Crippen molar-refractivity contribution in [1.29, 1.82) is 0 Å². The predicted octanol–water partition coefficient (Wildman–Crippen LogP) is 1.20. The van der Waals surface area contributed by atoms with Crippen LogP contribution in [0, 0.1) is 0 Å². The van der Waals surface area contributed by atoms with Crippen molar-refractivity contribution in [2.45, 2.75) is 18.7 Å². The van der Waals surface area contributed by atoms with E-state index in [-0.39, 0.29) is 10.6 Å². The summed E-state index contributed by atoms with van der Waals surface area (Å²) in [6.07, 6.45) is 3.25. The van der Waals surface area contributed by atoms with E-state index in [4.69, 9.17) is 0 Å². The van der Waals surface area contributed by atoms with Gasteiger partial charge in [-0.25, -0.2) is 8.42 Å². The highest BCUT2D eigenvalue weighted by Crippen LogP contribution is 2.18. The maximum absolute atomic E-state index is 12.5. The van der Waals surface area contributed by atoms with Gasteiger partial charge in [-0.2, -0.15) is 9.30 Å². The van der Waals surface area contributed by atoms with Crippen molar-refractivity contribution in [3.8, 4) is 0 Å². The Morgan fingerprint density at radius 3 is 2.43 bits per heavy atom. The molecule has 0 atom stereocenters. The Bertz CT molecular complexity index is 870. The maximum atomic E-state index is 12.5. The molecule has 0 radical (unpaired) electrons. The second-order valence-corrected chi connectivity index (χ2v) is 7.79. The number of carbonyl (C=O) groups excluding carboxylic acids is 1. The number of nitrogens with zero attached hydrogens (tertiary/aromatic N) is 4. The molecule has 2 aromatic heterocycles. The molecule has 2 rings (SSSR count). The molecule has 126 valence electrons. The van der Waals surface area contributed by atoms with Crippen LogP contribution in [0.3, 0.4) is 0 Å². The molecule has 0 N–H and O–H groups in total. The van der Waals surface area contributed by atoms with Gasteiger partial charge < -0.3 is 9.13 Å². The third-order valence-electron chi connectivity index (χ3n) is 3.50. The van der Waals surface area contributed by atoms with Crippen molar-refractivity contribution in [2.24, 2.45) is 19.1 Å². The smallest absolute Gasteiger partial charge is 0.296 e. The Morgan fingerprint density at radius 2 is 1.91 bits per heavy atom. The first-order valence-corrected chi connectivity index (χ1v) is 9.48. The van der Waals surface area contributed by atoms with Crippen LogP contribution in [-0.2, 0) is 24.1 Å². The van der Waals surface area contributed by atoms with E-state index in [1.807, 2.05) is 5.38 Å². The van der Waals surface area contributed by atoms with E-state index in [1.54, 1.807) is 38.7 Å². The summed E-state index contributed by atoms with van der Waals surface area (Å²) in [5.74, 6) is -0.466. The molecule has 23 heavy (non-hydrogen) atoms. The van der Waals surface area contributed by atoms with Gasteiger partial charge in [0.05, 0.1) is 0 Å². The van der Waals surface area contributed by atoms with Crippen molar-refractivity contribution in [3.63, 3.8) is 0 Å². The molecule has 0 fully saturated rings. The maximum Gasteiger partial charge on any atom is 0.296 e. The standard InChI is InChI=1S/C14H20N4O3S2/c1-5-18(6-2)23(20,21)11-9-12(17(4)10-11)13(19)15-14-16(3)7-8-22-14/h7-10H,5-6H2,1-4H3. The first-order valence-electron chi connectivity index (χ1n) is 7.17.